The van der Waals surface area contributed by atoms with E-state index in [4.69, 9.17) is 4.52 Å². The molecule has 0 radical (unpaired) electrons. The molecule has 1 N–H and O–H groups in total. The number of hydrogen-bond donors (Lipinski definition) is 1. The largest absolute Gasteiger partial charge is 0.359 e. The second-order valence-corrected chi connectivity index (χ2v) is 8.07. The molecule has 0 saturated heterocycles. The zero-order chi connectivity index (χ0) is 22.2. The first-order valence-corrected chi connectivity index (χ1v) is 10.4. The van der Waals surface area contributed by atoms with Crippen LogP contribution in [0.5, 0.6) is 0 Å². The molecular weight excluding hydrogens is 412 g/mol. The fourth-order valence-electron chi connectivity index (χ4n) is 3.66. The molecule has 0 spiro atoms. The molecule has 1 aliphatic heterocycles. The highest BCUT2D eigenvalue weighted by Crippen LogP contribution is 2.26. The fourth-order valence-corrected chi connectivity index (χ4v) is 3.66. The maximum Gasteiger partial charge on any atom is 0.169 e. The Kier molecular flexibility index (Phi) is 5.05. The van der Waals surface area contributed by atoms with Crippen LogP contribution in [0.4, 0.5) is 8.78 Å². The number of imidazole rings is 1. The lowest BCUT2D eigenvalue weighted by atomic mass is 10.0. The molecule has 5 rings (SSSR count). The van der Waals surface area contributed by atoms with Crippen molar-refractivity contribution in [2.75, 3.05) is 0 Å². The van der Waals surface area contributed by atoms with Crippen LogP contribution >= 0.6 is 0 Å². The van der Waals surface area contributed by atoms with Crippen molar-refractivity contribution in [1.29, 1.82) is 0 Å². The molecule has 2 aromatic heterocycles. The Labute approximate surface area is 183 Å². The van der Waals surface area contributed by atoms with Gasteiger partial charge in [-0.25, -0.2) is 13.8 Å². The smallest absolute Gasteiger partial charge is 0.169 e. The van der Waals surface area contributed by atoms with Crippen LogP contribution in [-0.2, 0) is 13.1 Å². The van der Waals surface area contributed by atoms with Gasteiger partial charge in [-0.3, -0.25) is 5.01 Å². The fraction of sp³-hybridized carbons (Fsp3) is 0.208. The number of benzene rings is 2. The minimum Gasteiger partial charge on any atom is -0.359 e. The lowest BCUT2D eigenvalue weighted by molar-refractivity contribution is 0.229. The number of nitrogens with one attached hydrogen (secondary N) is 1. The molecule has 1 aliphatic rings. The Balaban J connectivity index is 1.30. The van der Waals surface area contributed by atoms with Crippen molar-refractivity contribution in [1.82, 2.24) is 20.1 Å². The molecule has 0 atom stereocenters. The van der Waals surface area contributed by atoms with Crippen molar-refractivity contribution in [3.8, 4) is 22.6 Å². The van der Waals surface area contributed by atoms with Crippen LogP contribution < -0.4 is 0 Å². The number of hydrazone groups is 1. The maximum absolute atomic E-state index is 14.1. The standard InChI is InChI=1S/C24H21F2N5O/c1-14(2)15-6-8-16(9-7-15)20-10-17(32-30-20)12-31-13-22-21(11-27-31)28-24(29-22)18-4-3-5-19(25)23(18)26/h3-11,14H,12-13H2,1-2H3,(H,28,29). The van der Waals surface area contributed by atoms with Gasteiger partial charge in [-0.15, -0.1) is 0 Å². The summed E-state index contributed by atoms with van der Waals surface area (Å²) in [4.78, 5) is 7.44. The first-order chi connectivity index (χ1) is 15.5. The Morgan fingerprint density at radius 2 is 1.94 bits per heavy atom. The van der Waals surface area contributed by atoms with Crippen molar-refractivity contribution >= 4 is 6.21 Å². The van der Waals surface area contributed by atoms with E-state index in [9.17, 15) is 8.78 Å². The quantitative estimate of drug-likeness (QED) is 0.452. The van der Waals surface area contributed by atoms with Crippen LogP contribution in [0.25, 0.3) is 22.6 Å². The maximum atomic E-state index is 14.1. The van der Waals surface area contributed by atoms with Gasteiger partial charge >= 0.3 is 0 Å². The van der Waals surface area contributed by atoms with Crippen LogP contribution in [0, 0.1) is 11.6 Å². The summed E-state index contributed by atoms with van der Waals surface area (Å²) in [6.45, 7) is 5.15. The van der Waals surface area contributed by atoms with Gasteiger partial charge in [-0.2, -0.15) is 5.10 Å². The van der Waals surface area contributed by atoms with Gasteiger partial charge in [0, 0.05) is 11.6 Å². The summed E-state index contributed by atoms with van der Waals surface area (Å²) >= 11 is 0. The number of halogens is 2. The average Bonchev–Trinajstić information content (AvgIpc) is 3.42. The van der Waals surface area contributed by atoms with Crippen LogP contribution in [0.15, 0.2) is 58.2 Å². The molecule has 162 valence electrons. The normalized spacial score (nSPS) is 13.1. The van der Waals surface area contributed by atoms with Gasteiger partial charge in [0.1, 0.15) is 17.2 Å². The molecule has 32 heavy (non-hydrogen) atoms. The number of aromatic amines is 1. The van der Waals surface area contributed by atoms with Crippen molar-refractivity contribution < 1.29 is 13.3 Å². The van der Waals surface area contributed by atoms with Crippen LogP contribution in [0.1, 0.15) is 42.5 Å². The first-order valence-electron chi connectivity index (χ1n) is 10.4. The number of aromatic nitrogens is 3. The Morgan fingerprint density at radius 3 is 2.72 bits per heavy atom. The van der Waals surface area contributed by atoms with Crippen molar-refractivity contribution in [2.45, 2.75) is 32.9 Å². The second-order valence-electron chi connectivity index (χ2n) is 8.07. The van der Waals surface area contributed by atoms with Crippen molar-refractivity contribution in [2.24, 2.45) is 5.10 Å². The van der Waals surface area contributed by atoms with Crippen LogP contribution in [-0.4, -0.2) is 26.3 Å². The average molecular weight is 433 g/mol. The zero-order valence-electron chi connectivity index (χ0n) is 17.6. The number of hydrogen-bond acceptors (Lipinski definition) is 5. The highest BCUT2D eigenvalue weighted by Gasteiger charge is 2.21. The van der Waals surface area contributed by atoms with Gasteiger partial charge in [0.25, 0.3) is 0 Å². The molecule has 6 nitrogen and oxygen atoms in total. The summed E-state index contributed by atoms with van der Waals surface area (Å²) in [6.07, 6.45) is 1.60. The van der Waals surface area contributed by atoms with Gasteiger partial charge < -0.3 is 9.51 Å². The molecule has 0 amide bonds. The zero-order valence-corrected chi connectivity index (χ0v) is 17.6. The summed E-state index contributed by atoms with van der Waals surface area (Å²) in [7, 11) is 0. The number of rotatable bonds is 5. The molecule has 0 unspecified atom stereocenters. The van der Waals surface area contributed by atoms with Gasteiger partial charge in [-0.05, 0) is 23.6 Å². The Bertz CT molecular complexity index is 1290. The van der Waals surface area contributed by atoms with E-state index < -0.39 is 11.6 Å². The molecule has 0 fully saturated rings. The minimum absolute atomic E-state index is 0.0858. The summed E-state index contributed by atoms with van der Waals surface area (Å²) in [5.74, 6) is -0.425. The van der Waals surface area contributed by atoms with E-state index in [1.54, 1.807) is 11.2 Å². The third kappa shape index (κ3) is 3.79. The van der Waals surface area contributed by atoms with Crippen molar-refractivity contribution in [3.05, 3.63) is 82.9 Å². The third-order valence-corrected chi connectivity index (χ3v) is 5.47. The molecule has 0 bridgehead atoms. The van der Waals surface area contributed by atoms with E-state index >= 15 is 0 Å². The predicted octanol–water partition coefficient (Wildman–Crippen LogP) is 5.48. The molecule has 0 aliphatic carbocycles. The monoisotopic (exact) mass is 433 g/mol. The van der Waals surface area contributed by atoms with E-state index in [0.717, 1.165) is 23.0 Å². The van der Waals surface area contributed by atoms with Crippen LogP contribution in [0.3, 0.4) is 0 Å². The lowest BCUT2D eigenvalue weighted by Gasteiger charge is -2.19. The molecule has 0 saturated carbocycles. The van der Waals surface area contributed by atoms with Gasteiger partial charge in [0.15, 0.2) is 17.4 Å². The molecular formula is C24H21F2N5O. The third-order valence-electron chi connectivity index (χ3n) is 5.47. The van der Waals surface area contributed by atoms with Crippen molar-refractivity contribution in [3.63, 3.8) is 0 Å². The van der Waals surface area contributed by atoms with E-state index in [2.05, 4.69) is 46.2 Å². The Hall–Kier alpha value is -3.81. The SMILES string of the molecule is CC(C)c1ccc(-c2cc(CN3Cc4[nH]c(-c5cccc(F)c5F)nc4C=N3)on2)cc1. The lowest BCUT2D eigenvalue weighted by Crippen LogP contribution is -2.21. The molecule has 2 aromatic carbocycles. The van der Waals surface area contributed by atoms with E-state index in [0.29, 0.717) is 30.5 Å². The highest BCUT2D eigenvalue weighted by molar-refractivity contribution is 5.80. The second kappa shape index (κ2) is 8.03. The summed E-state index contributed by atoms with van der Waals surface area (Å²) in [5, 5.41) is 10.4. The molecule has 4 aromatic rings. The summed E-state index contributed by atoms with van der Waals surface area (Å²) in [6, 6.07) is 14.2. The number of nitrogens with zero attached hydrogens (tertiary/aromatic N) is 4. The highest BCUT2D eigenvalue weighted by atomic mass is 19.2. The van der Waals surface area contributed by atoms with E-state index in [1.807, 2.05) is 18.2 Å². The number of H-pyrrole nitrogens is 1. The molecule has 8 heteroatoms. The summed E-state index contributed by atoms with van der Waals surface area (Å²) in [5.41, 5.74) is 4.48. The minimum atomic E-state index is -0.928. The van der Waals surface area contributed by atoms with Gasteiger partial charge in [-0.1, -0.05) is 49.3 Å². The Morgan fingerprint density at radius 1 is 1.12 bits per heavy atom. The summed E-state index contributed by atoms with van der Waals surface area (Å²) < 4.78 is 33.2. The first kappa shape index (κ1) is 20.1. The van der Waals surface area contributed by atoms with E-state index in [1.165, 1.54) is 17.7 Å². The molecule has 3 heterocycles. The topological polar surface area (TPSA) is 70.3 Å². The van der Waals surface area contributed by atoms with Gasteiger partial charge in [0.2, 0.25) is 0 Å². The number of fused-ring (bicyclic) bond motifs is 1. The van der Waals surface area contributed by atoms with E-state index in [-0.39, 0.29) is 11.4 Å². The predicted molar refractivity (Wildman–Crippen MR) is 117 cm³/mol. The van der Waals surface area contributed by atoms with Gasteiger partial charge in [0.05, 0.1) is 30.6 Å². The van der Waals surface area contributed by atoms with Crippen LogP contribution in [0.2, 0.25) is 0 Å².